The van der Waals surface area contributed by atoms with Crippen LogP contribution in [0.3, 0.4) is 0 Å². The molecule has 66 heavy (non-hydrogen) atoms. The van der Waals surface area contributed by atoms with E-state index < -0.39 is 86.2 Å². The fourth-order valence-electron chi connectivity index (χ4n) is 8.90. The monoisotopic (exact) mass is 937 g/mol. The van der Waals surface area contributed by atoms with E-state index in [2.05, 4.69) is 15.4 Å². The van der Waals surface area contributed by atoms with E-state index in [1.54, 1.807) is 32.2 Å². The topological polar surface area (TPSA) is 201 Å². The molecule has 19 heteroatoms. The van der Waals surface area contributed by atoms with Gasteiger partial charge in [0.15, 0.2) is 17.1 Å². The lowest BCUT2D eigenvalue weighted by Crippen LogP contribution is -2.59. The highest BCUT2D eigenvalue weighted by Crippen LogP contribution is 2.46. The van der Waals surface area contributed by atoms with E-state index in [0.717, 1.165) is 13.8 Å². The second-order valence-corrected chi connectivity index (χ2v) is 20.9. The van der Waals surface area contributed by atoms with Gasteiger partial charge in [-0.05, 0) is 112 Å². The first-order chi connectivity index (χ1) is 31.2. The van der Waals surface area contributed by atoms with Crippen molar-refractivity contribution in [1.29, 1.82) is 0 Å². The third kappa shape index (κ3) is 9.72. The fraction of sp³-hybridized carbons (Fsp3) is 0.553. The van der Waals surface area contributed by atoms with Crippen LogP contribution in [0.25, 0.3) is 22.0 Å². The number of halogens is 2. The minimum Gasteiger partial charge on any atom is -0.497 e. The number of pyridine rings is 1. The molecule has 8 rings (SSSR count). The molecule has 1 saturated heterocycles. The summed E-state index contributed by atoms with van der Waals surface area (Å²) in [6.07, 6.45) is 4.05. The Morgan fingerprint density at radius 3 is 2.44 bits per heavy atom. The molecule has 4 heterocycles. The Bertz CT molecular complexity index is 2550. The molecule has 2 aromatic carbocycles. The van der Waals surface area contributed by atoms with Crippen LogP contribution < -0.4 is 34.3 Å². The largest absolute Gasteiger partial charge is 0.497 e. The number of rotatable bonds is 10. The summed E-state index contributed by atoms with van der Waals surface area (Å²) in [6, 6.07) is 10.0. The van der Waals surface area contributed by atoms with Crippen molar-refractivity contribution in [3.63, 3.8) is 0 Å². The van der Waals surface area contributed by atoms with Crippen LogP contribution in [0, 0.1) is 17.8 Å². The molecule has 5 aliphatic rings. The molecule has 2 aliphatic carbocycles. The number of carbonyl (C=O) groups excluding carboxylic acids is 4. The highest BCUT2D eigenvalue weighted by molar-refractivity contribution is 7.91. The van der Waals surface area contributed by atoms with Crippen molar-refractivity contribution in [1.82, 2.24) is 25.2 Å². The molecule has 2 unspecified atom stereocenters. The van der Waals surface area contributed by atoms with Gasteiger partial charge in [0.05, 0.1) is 24.6 Å². The number of aromatic nitrogens is 1. The van der Waals surface area contributed by atoms with Crippen LogP contribution in [0.1, 0.15) is 79.6 Å². The molecule has 0 spiro atoms. The van der Waals surface area contributed by atoms with E-state index in [0.29, 0.717) is 91.5 Å². The maximum Gasteiger partial charge on any atom is 0.408 e. The normalized spacial score (nSPS) is 27.5. The van der Waals surface area contributed by atoms with Gasteiger partial charge in [0, 0.05) is 30.2 Å². The minimum absolute atomic E-state index is 0.0000621. The Kier molecular flexibility index (Phi) is 12.6. The lowest BCUT2D eigenvalue weighted by atomic mass is 9.88. The molecular weight excluding hydrogens is 881 g/mol. The SMILES string of the molecule is COc1ccc2c(OC3C[C@H]4C(=O)N[C@]5(C(=O)NS(=O)(=O)C6CC6)CC5/C=C\CC[C@H](C)C[C@@H](C)[C@H](NC(=O)OC(C)(C)C(C)(F)F)C(=O)N4C3)nc(-c3ccc4c(c3)OCCO4)cc2c1. The number of sulfonamides is 1. The van der Waals surface area contributed by atoms with Gasteiger partial charge in [-0.1, -0.05) is 26.0 Å². The summed E-state index contributed by atoms with van der Waals surface area (Å²) in [5.41, 5.74) is -2.67. The zero-order valence-electron chi connectivity index (χ0n) is 37.9. The van der Waals surface area contributed by atoms with Crippen LogP contribution in [0.2, 0.25) is 0 Å². The maximum absolute atomic E-state index is 15.1. The van der Waals surface area contributed by atoms with Crippen molar-refractivity contribution < 1.29 is 60.1 Å². The van der Waals surface area contributed by atoms with E-state index in [1.165, 1.54) is 4.90 Å². The standard InChI is InChI=1S/C47H57F2N5O11S/c1-26-9-7-8-10-30-24-47(30,43(57)53-66(59,60)33-13-14-33)52-40(55)36-23-32(25-54(36)42(56)39(27(2)19-26)51-44(58)65-45(3,4)46(5,48)49)64-41-34-15-12-31(61-6)20-29(34)21-35(50-41)28-11-16-37-38(22-28)63-18-17-62-37/h8,10-12,15-16,20-22,26-27,30,32-33,36,39H,7,9,13-14,17-19,23-25H2,1-6H3,(H,51,58)(H,52,55)(H,53,57)/b10-8-/t26-,27+,30?,32?,36-,39-,47+/m0/s1. The van der Waals surface area contributed by atoms with Crippen LogP contribution in [-0.4, -0.2) is 109 Å². The Hall–Kier alpha value is -5.72. The van der Waals surface area contributed by atoms with Crippen LogP contribution in [0.5, 0.6) is 23.1 Å². The van der Waals surface area contributed by atoms with Crippen molar-refractivity contribution >= 4 is 44.6 Å². The second-order valence-electron chi connectivity index (χ2n) is 18.9. The van der Waals surface area contributed by atoms with E-state index in [-0.39, 0.29) is 31.2 Å². The smallest absolute Gasteiger partial charge is 0.408 e. The molecule has 0 bridgehead atoms. The average Bonchev–Trinajstić information content (AvgIpc) is 4.19. The first-order valence-electron chi connectivity index (χ1n) is 22.5. The zero-order valence-corrected chi connectivity index (χ0v) is 38.7. The summed E-state index contributed by atoms with van der Waals surface area (Å²) in [5, 5.41) is 6.03. The predicted molar refractivity (Wildman–Crippen MR) is 238 cm³/mol. The lowest BCUT2D eigenvalue weighted by molar-refractivity contribution is -0.152. The summed E-state index contributed by atoms with van der Waals surface area (Å²) in [4.78, 5) is 63.5. The van der Waals surface area contributed by atoms with Crippen LogP contribution >= 0.6 is 0 Å². The van der Waals surface area contributed by atoms with Gasteiger partial charge in [-0.25, -0.2) is 27.0 Å². The van der Waals surface area contributed by atoms with Crippen molar-refractivity contribution in [2.24, 2.45) is 17.8 Å². The second kappa shape index (κ2) is 17.8. The number of methoxy groups -OCH3 is 1. The molecule has 3 aliphatic heterocycles. The number of hydrogen-bond donors (Lipinski definition) is 3. The van der Waals surface area contributed by atoms with Crippen LogP contribution in [-0.2, 0) is 29.1 Å². The number of ether oxygens (including phenoxy) is 5. The number of benzene rings is 2. The predicted octanol–water partition coefficient (Wildman–Crippen LogP) is 6.05. The summed E-state index contributed by atoms with van der Waals surface area (Å²) in [6.45, 7) is 7.10. The van der Waals surface area contributed by atoms with Gasteiger partial charge >= 0.3 is 6.09 Å². The van der Waals surface area contributed by atoms with E-state index >= 15 is 4.79 Å². The number of alkyl carbamates (subject to hydrolysis) is 1. The van der Waals surface area contributed by atoms with Crippen LogP contribution in [0.15, 0.2) is 54.6 Å². The Morgan fingerprint density at radius 2 is 1.73 bits per heavy atom. The molecule has 2 saturated carbocycles. The molecule has 4 amide bonds. The third-order valence-electron chi connectivity index (χ3n) is 13.4. The number of alkyl halides is 2. The maximum atomic E-state index is 15.1. The Balaban J connectivity index is 1.16. The van der Waals surface area contributed by atoms with Gasteiger partial charge in [0.25, 0.3) is 11.8 Å². The summed E-state index contributed by atoms with van der Waals surface area (Å²) in [7, 11) is -2.44. The molecule has 3 fully saturated rings. The Morgan fingerprint density at radius 1 is 0.985 bits per heavy atom. The molecule has 1 aromatic heterocycles. The van der Waals surface area contributed by atoms with Gasteiger partial charge in [0.2, 0.25) is 27.7 Å². The Labute approximate surface area is 382 Å². The fourth-order valence-corrected chi connectivity index (χ4v) is 10.3. The third-order valence-corrected chi connectivity index (χ3v) is 15.2. The first-order valence-corrected chi connectivity index (χ1v) is 24.0. The lowest BCUT2D eigenvalue weighted by Gasteiger charge is -2.35. The van der Waals surface area contributed by atoms with Crippen molar-refractivity contribution in [3.8, 4) is 34.4 Å². The van der Waals surface area contributed by atoms with Gasteiger partial charge < -0.3 is 39.2 Å². The number of allylic oxidation sites excluding steroid dienone is 1. The van der Waals surface area contributed by atoms with E-state index in [1.807, 2.05) is 43.3 Å². The number of nitrogens with zero attached hydrogens (tertiary/aromatic N) is 2. The van der Waals surface area contributed by atoms with Gasteiger partial charge in [-0.2, -0.15) is 0 Å². The number of carbonyl (C=O) groups is 4. The van der Waals surface area contributed by atoms with Crippen molar-refractivity contribution in [2.45, 2.75) is 120 Å². The number of nitrogens with one attached hydrogen (secondary N) is 3. The van der Waals surface area contributed by atoms with E-state index in [9.17, 15) is 31.6 Å². The highest BCUT2D eigenvalue weighted by Gasteiger charge is 2.62. The summed E-state index contributed by atoms with van der Waals surface area (Å²) >= 11 is 0. The van der Waals surface area contributed by atoms with Gasteiger partial charge in [0.1, 0.15) is 42.7 Å². The number of hydrogen-bond acceptors (Lipinski definition) is 12. The van der Waals surface area contributed by atoms with Crippen molar-refractivity contribution in [2.75, 3.05) is 26.9 Å². The summed E-state index contributed by atoms with van der Waals surface area (Å²) < 4.78 is 86.4. The minimum atomic E-state index is -3.99. The quantitative estimate of drug-likeness (QED) is 0.199. The zero-order chi connectivity index (χ0) is 47.3. The van der Waals surface area contributed by atoms with Crippen LogP contribution in [0.4, 0.5) is 13.6 Å². The molecule has 16 nitrogen and oxygen atoms in total. The first kappa shape index (κ1) is 46.8. The summed E-state index contributed by atoms with van der Waals surface area (Å²) in [5.74, 6) is -4.98. The molecule has 3 N–H and O–H groups in total. The average molecular weight is 938 g/mol. The van der Waals surface area contributed by atoms with Gasteiger partial charge in [-0.3, -0.25) is 19.1 Å². The molecule has 0 radical (unpaired) electrons. The molecule has 356 valence electrons. The number of fused-ring (bicyclic) bond motifs is 4. The molecular formula is C47H57F2N5O11S. The molecule has 7 atom stereocenters. The number of amides is 4. The van der Waals surface area contributed by atoms with E-state index in [4.69, 9.17) is 28.7 Å². The highest BCUT2D eigenvalue weighted by atomic mass is 32.2. The molecule has 3 aromatic rings. The van der Waals surface area contributed by atoms with Crippen molar-refractivity contribution in [3.05, 3.63) is 54.6 Å². The van der Waals surface area contributed by atoms with Gasteiger partial charge in [-0.15, -0.1) is 0 Å².